The minimum atomic E-state index is -4.96. The van der Waals surface area contributed by atoms with Crippen LogP contribution in [0.1, 0.15) is 70.0 Å². The second-order valence-corrected chi connectivity index (χ2v) is 24.1. The first-order valence-corrected chi connectivity index (χ1v) is 29.0. The van der Waals surface area contributed by atoms with E-state index < -0.39 is 184 Å². The summed E-state index contributed by atoms with van der Waals surface area (Å²) in [6.07, 6.45) is -20.0. The molecule has 0 bridgehead atoms. The summed E-state index contributed by atoms with van der Waals surface area (Å²) in [5.41, 5.74) is 5.07. The molecule has 1 aliphatic rings. The molecule has 26 nitrogen and oxygen atoms in total. The molecule has 0 radical (unpaired) electrons. The standard InChI is InChI=1S/C56H66F3N7O19S2/c1-25(18-37(71)43(74)46(77)48(38(72)22-67)85-52-47(78)45(76)44(75)39(23-68)84-52)51(79)62-26(2)35(69)20-29(21-40(60)73)36(70)19-27-12-14-28(15-13-27)24-83-55(80)65-54-61-17-16-34(63-54)49-42(64-53(86-49)56(3,4)5)30-8-6-11-33(41(30)59)66-87(81,82)50-31(57)9-7-10-32(50)58/h6-17,25-26,29,38-39,43-48,52,66-68,72,74-78H,18-24H2,1-5H3,(H2,60,73)(H,62,79)(H,61,63,65,80)/t25?,26?,29?,38-,39-,43+,44+,45+,46+,47-,48+,52+/m1/s1. The number of benzene rings is 3. The van der Waals surface area contributed by atoms with Gasteiger partial charge in [-0.1, -0.05) is 64.1 Å². The number of carbonyl (C=O) groups excluding carboxylic acids is 6. The van der Waals surface area contributed by atoms with Crippen LogP contribution in [0.4, 0.5) is 29.6 Å². The first-order valence-electron chi connectivity index (χ1n) is 26.7. The molecule has 2 aromatic heterocycles. The fraction of sp³-hybridized carbons (Fsp3) is 0.446. The summed E-state index contributed by atoms with van der Waals surface area (Å²) in [5, 5.41) is 86.8. The van der Waals surface area contributed by atoms with E-state index in [9.17, 15) is 86.8 Å². The third-order valence-corrected chi connectivity index (χ3v) is 16.6. The number of nitrogens with one attached hydrogen (secondary N) is 3. The number of ketones is 3. The highest BCUT2D eigenvalue weighted by molar-refractivity contribution is 7.92. The van der Waals surface area contributed by atoms with Crippen molar-refractivity contribution in [3.05, 3.63) is 107 Å². The highest BCUT2D eigenvalue weighted by Crippen LogP contribution is 2.42. The quantitative estimate of drug-likeness (QED) is 0.0337. The van der Waals surface area contributed by atoms with Gasteiger partial charge >= 0.3 is 6.09 Å². The summed E-state index contributed by atoms with van der Waals surface area (Å²) in [7, 11) is -4.96. The van der Waals surface area contributed by atoms with Crippen LogP contribution in [0, 0.1) is 29.3 Å². The van der Waals surface area contributed by atoms with Crippen LogP contribution in [0.3, 0.4) is 0 Å². The molecule has 3 amide bonds. The molecule has 472 valence electrons. The topological polar surface area (TPSA) is 427 Å². The number of hydrogen-bond acceptors (Lipinski definition) is 23. The van der Waals surface area contributed by atoms with Gasteiger partial charge in [-0.25, -0.2) is 41.3 Å². The van der Waals surface area contributed by atoms with Gasteiger partial charge < -0.3 is 66.1 Å². The number of sulfonamides is 1. The third-order valence-electron chi connectivity index (χ3n) is 13.7. The molecule has 3 unspecified atom stereocenters. The van der Waals surface area contributed by atoms with Crippen molar-refractivity contribution in [2.24, 2.45) is 17.6 Å². The molecule has 0 aliphatic carbocycles. The fourth-order valence-electron chi connectivity index (χ4n) is 8.77. The Hall–Kier alpha value is -7.27. The van der Waals surface area contributed by atoms with E-state index in [0.717, 1.165) is 35.6 Å². The Balaban J connectivity index is 1.02. The van der Waals surface area contributed by atoms with Crippen LogP contribution in [0.2, 0.25) is 0 Å². The third kappa shape index (κ3) is 17.5. The number of amides is 3. The number of thiazole rings is 1. The minimum Gasteiger partial charge on any atom is -0.444 e. The molecular formula is C56H66F3N7O19S2. The molecule has 6 rings (SSSR count). The fourth-order valence-corrected chi connectivity index (χ4v) is 11.1. The summed E-state index contributed by atoms with van der Waals surface area (Å²) < 4.78 is 89.3. The van der Waals surface area contributed by atoms with Gasteiger partial charge in [-0.15, -0.1) is 11.3 Å². The van der Waals surface area contributed by atoms with Gasteiger partial charge in [-0.2, -0.15) is 0 Å². The number of nitrogens with two attached hydrogens (primary N) is 1. The zero-order valence-electron chi connectivity index (χ0n) is 47.2. The predicted molar refractivity (Wildman–Crippen MR) is 300 cm³/mol. The highest BCUT2D eigenvalue weighted by atomic mass is 32.2. The largest absolute Gasteiger partial charge is 0.444 e. The molecule has 31 heteroatoms. The number of aliphatic hydroxyl groups excluding tert-OH is 8. The van der Waals surface area contributed by atoms with Crippen molar-refractivity contribution in [2.45, 2.75) is 138 Å². The van der Waals surface area contributed by atoms with Gasteiger partial charge in [0.2, 0.25) is 17.8 Å². The number of aromatic nitrogens is 3. The number of anilines is 2. The van der Waals surface area contributed by atoms with Crippen molar-refractivity contribution in [1.82, 2.24) is 20.3 Å². The Morgan fingerprint density at radius 2 is 1.46 bits per heavy atom. The van der Waals surface area contributed by atoms with Crippen molar-refractivity contribution in [1.29, 1.82) is 0 Å². The van der Waals surface area contributed by atoms with Crippen LogP contribution in [0.5, 0.6) is 0 Å². The lowest BCUT2D eigenvalue weighted by molar-refractivity contribution is -0.326. The number of nitrogens with zero attached hydrogens (tertiary/aromatic N) is 3. The maximum atomic E-state index is 16.3. The number of halogens is 3. The van der Waals surface area contributed by atoms with Crippen LogP contribution < -0.4 is 21.1 Å². The molecule has 3 heterocycles. The number of aliphatic hydroxyl groups is 8. The van der Waals surface area contributed by atoms with Gasteiger partial charge in [-0.3, -0.25) is 34.0 Å². The van der Waals surface area contributed by atoms with Gasteiger partial charge in [-0.05, 0) is 48.4 Å². The van der Waals surface area contributed by atoms with Crippen molar-refractivity contribution < 1.29 is 105 Å². The van der Waals surface area contributed by atoms with E-state index in [1.54, 1.807) is 0 Å². The molecule has 0 saturated carbocycles. The number of ether oxygens (including phenoxy) is 3. The normalized spacial score (nSPS) is 19.6. The summed E-state index contributed by atoms with van der Waals surface area (Å²) in [6, 6.07) is 12.4. The highest BCUT2D eigenvalue weighted by Gasteiger charge is 2.47. The molecule has 3 aromatic carbocycles. The van der Waals surface area contributed by atoms with Gasteiger partial charge in [0.25, 0.3) is 10.0 Å². The first-order chi connectivity index (χ1) is 40.8. The lowest BCUT2D eigenvalue weighted by Gasteiger charge is -2.42. The Labute approximate surface area is 499 Å². The predicted octanol–water partition coefficient (Wildman–Crippen LogP) is 1.45. The molecule has 12 atom stereocenters. The summed E-state index contributed by atoms with van der Waals surface area (Å²) in [5.74, 6) is -10.9. The number of carbonyl (C=O) groups is 6. The van der Waals surface area contributed by atoms with Crippen LogP contribution in [0.15, 0.2) is 77.8 Å². The van der Waals surface area contributed by atoms with E-state index >= 15 is 4.39 Å². The van der Waals surface area contributed by atoms with E-state index in [0.29, 0.717) is 16.1 Å². The summed E-state index contributed by atoms with van der Waals surface area (Å²) >= 11 is 1.13. The van der Waals surface area contributed by atoms with Gasteiger partial charge in [0, 0.05) is 54.7 Å². The molecule has 1 fully saturated rings. The lowest BCUT2D eigenvalue weighted by atomic mass is 9.88. The molecule has 5 aromatic rings. The molecule has 13 N–H and O–H groups in total. The van der Waals surface area contributed by atoms with E-state index in [-0.39, 0.29) is 40.8 Å². The number of rotatable bonds is 28. The molecule has 87 heavy (non-hydrogen) atoms. The Kier molecular flexibility index (Phi) is 23.4. The average Bonchev–Trinajstić information content (AvgIpc) is 2.08. The van der Waals surface area contributed by atoms with Crippen molar-refractivity contribution in [3.8, 4) is 21.8 Å². The zero-order valence-corrected chi connectivity index (χ0v) is 48.9. The van der Waals surface area contributed by atoms with Crippen LogP contribution in [0.25, 0.3) is 21.8 Å². The van der Waals surface area contributed by atoms with Crippen LogP contribution in [-0.4, -0.2) is 174 Å². The van der Waals surface area contributed by atoms with Crippen molar-refractivity contribution in [3.63, 3.8) is 0 Å². The smallest absolute Gasteiger partial charge is 0.414 e. The van der Waals surface area contributed by atoms with Crippen LogP contribution in [-0.2, 0) is 66.6 Å². The van der Waals surface area contributed by atoms with Gasteiger partial charge in [0.15, 0.2) is 28.6 Å². The molecule has 1 saturated heterocycles. The monoisotopic (exact) mass is 1260 g/mol. The second kappa shape index (κ2) is 29.6. The minimum absolute atomic E-state index is 0.0239. The number of primary amides is 1. The van der Waals surface area contributed by atoms with Gasteiger partial charge in [0.1, 0.15) is 72.9 Å². The zero-order chi connectivity index (χ0) is 64.4. The summed E-state index contributed by atoms with van der Waals surface area (Å²) in [4.78, 5) is 90.5. The van der Waals surface area contributed by atoms with Gasteiger partial charge in [0.05, 0.1) is 46.2 Å². The Morgan fingerprint density at radius 1 is 0.816 bits per heavy atom. The van der Waals surface area contributed by atoms with E-state index in [1.807, 2.05) is 25.5 Å². The number of hydrogen-bond donors (Lipinski definition) is 12. The second-order valence-electron chi connectivity index (χ2n) is 21.5. The Bertz CT molecular complexity index is 3390. The van der Waals surface area contributed by atoms with E-state index in [4.69, 9.17) is 19.9 Å². The van der Waals surface area contributed by atoms with E-state index in [2.05, 4.69) is 25.6 Å². The van der Waals surface area contributed by atoms with Crippen LogP contribution >= 0.6 is 11.3 Å². The number of Topliss-reactive ketones (excluding diaryl/α,β-unsaturated/α-hetero) is 3. The first kappa shape index (κ1) is 68.8. The Morgan fingerprint density at radius 3 is 2.08 bits per heavy atom. The maximum Gasteiger partial charge on any atom is 0.414 e. The molecule has 1 aliphatic heterocycles. The lowest BCUT2D eigenvalue weighted by Crippen LogP contribution is -2.61. The van der Waals surface area contributed by atoms with E-state index in [1.165, 1.54) is 62.5 Å². The van der Waals surface area contributed by atoms with Crippen molar-refractivity contribution >= 4 is 68.3 Å². The van der Waals surface area contributed by atoms with Crippen molar-refractivity contribution in [2.75, 3.05) is 23.3 Å². The molecular weight excluding hydrogens is 1200 g/mol. The molecule has 0 spiro atoms. The SMILES string of the molecule is CC(CC(=O)[C@H](O)[C@H](O)[C@@H](O[C@@H]1O[C@H](CO)[C@H](O)[C@H](O)[C@H]1O)[C@H](O)CO)C(=O)NC(C)C(=O)CC(CC(N)=O)C(=O)Cc1ccc(COC(=O)Nc2nccc(-c3sc(C(C)(C)C)nc3-c3cccc(NS(=O)(=O)c4c(F)cccc4F)c3F)n2)cc1. The maximum absolute atomic E-state index is 16.3. The average molecular weight is 1260 g/mol. The summed E-state index contributed by atoms with van der Waals surface area (Å²) in [6.45, 7) is 5.77.